The minimum absolute atomic E-state index is 0. The van der Waals surface area contributed by atoms with E-state index in [0.717, 1.165) is 24.1 Å². The molecule has 1 amide bonds. The molecule has 0 bridgehead atoms. The lowest BCUT2D eigenvalue weighted by molar-refractivity contribution is -0.123. The van der Waals surface area contributed by atoms with Crippen LogP contribution in [0, 0.1) is 0 Å². The van der Waals surface area contributed by atoms with Gasteiger partial charge in [-0.3, -0.25) is 4.79 Å². The van der Waals surface area contributed by atoms with Crippen molar-refractivity contribution in [1.29, 1.82) is 0 Å². The molecule has 0 heterocycles. The van der Waals surface area contributed by atoms with E-state index in [9.17, 15) is 4.79 Å². The molecule has 0 unspecified atom stereocenters. The van der Waals surface area contributed by atoms with E-state index in [1.54, 1.807) is 13.2 Å². The molecule has 0 aromatic heterocycles. The second kappa shape index (κ2) is 13.0. The van der Waals surface area contributed by atoms with Crippen LogP contribution in [0.15, 0.2) is 48.5 Å². The molecule has 27 heavy (non-hydrogen) atoms. The summed E-state index contributed by atoms with van der Waals surface area (Å²) in [7, 11) is 1.57. The molecular weight excluding hydrogens is 368 g/mol. The first-order valence-electron chi connectivity index (χ1n) is 8.65. The fraction of sp³-hybridized carbons (Fsp3) is 0.350. The van der Waals surface area contributed by atoms with Gasteiger partial charge in [-0.25, -0.2) is 0 Å². The summed E-state index contributed by atoms with van der Waals surface area (Å²) < 4.78 is 10.9. The highest BCUT2D eigenvalue weighted by Gasteiger charge is 2.09. The number of carbonyl (C=O) groups is 1. The first-order chi connectivity index (χ1) is 12.7. The zero-order chi connectivity index (χ0) is 18.6. The van der Waals surface area contributed by atoms with E-state index in [2.05, 4.69) is 10.6 Å². The number of amides is 1. The quantitative estimate of drug-likeness (QED) is 0.509. The van der Waals surface area contributed by atoms with Gasteiger partial charge in [-0.1, -0.05) is 36.4 Å². The monoisotopic (exact) mass is 394 g/mol. The highest BCUT2D eigenvalue weighted by Crippen LogP contribution is 2.28. The van der Waals surface area contributed by atoms with E-state index in [1.807, 2.05) is 42.5 Å². The average molecular weight is 395 g/mol. The average Bonchev–Trinajstić information content (AvgIpc) is 2.69. The van der Waals surface area contributed by atoms with Gasteiger partial charge in [-0.05, 0) is 36.2 Å². The third-order valence-corrected chi connectivity index (χ3v) is 3.76. The van der Waals surface area contributed by atoms with Gasteiger partial charge in [-0.2, -0.15) is 0 Å². The van der Waals surface area contributed by atoms with Crippen molar-refractivity contribution in [3.8, 4) is 11.5 Å². The van der Waals surface area contributed by atoms with Gasteiger partial charge in [0, 0.05) is 19.7 Å². The maximum atomic E-state index is 12.0. The zero-order valence-electron chi connectivity index (χ0n) is 15.4. The first-order valence-corrected chi connectivity index (χ1v) is 8.65. The largest absolute Gasteiger partial charge is 0.493 e. The van der Waals surface area contributed by atoms with E-state index in [4.69, 9.17) is 14.6 Å². The van der Waals surface area contributed by atoms with E-state index in [1.165, 1.54) is 0 Å². The van der Waals surface area contributed by atoms with Gasteiger partial charge in [0.2, 0.25) is 0 Å². The predicted molar refractivity (Wildman–Crippen MR) is 107 cm³/mol. The number of aliphatic hydroxyl groups is 1. The van der Waals surface area contributed by atoms with Gasteiger partial charge in [0.15, 0.2) is 18.1 Å². The highest BCUT2D eigenvalue weighted by molar-refractivity contribution is 5.85. The number of carbonyl (C=O) groups excluding carboxylic acids is 1. The second-order valence-corrected chi connectivity index (χ2v) is 5.79. The normalized spacial score (nSPS) is 10.0. The standard InChI is InChI=1S/C20H26N2O4.ClH/c1-25-19-12-17(13-21-10-5-11-23)8-9-18(19)26-15-20(24)22-14-16-6-3-2-4-7-16;/h2-4,6-9,12,21,23H,5,10-11,13-15H2,1H3,(H,22,24);1H. The Bertz CT molecular complexity index is 683. The van der Waals surface area contributed by atoms with Crippen LogP contribution < -0.4 is 20.1 Å². The van der Waals surface area contributed by atoms with Gasteiger partial charge in [-0.15, -0.1) is 12.4 Å². The molecular formula is C20H27ClN2O4. The molecule has 0 aliphatic heterocycles. The van der Waals surface area contributed by atoms with Gasteiger partial charge in [0.25, 0.3) is 5.91 Å². The third-order valence-electron chi connectivity index (χ3n) is 3.76. The van der Waals surface area contributed by atoms with Crippen LogP contribution in [0.3, 0.4) is 0 Å². The molecule has 2 aromatic rings. The Kier molecular flexibility index (Phi) is 10.9. The number of methoxy groups -OCH3 is 1. The van der Waals surface area contributed by atoms with Crippen molar-refractivity contribution in [2.24, 2.45) is 0 Å². The number of aliphatic hydroxyl groups excluding tert-OH is 1. The fourth-order valence-corrected chi connectivity index (χ4v) is 2.37. The summed E-state index contributed by atoms with van der Waals surface area (Å²) >= 11 is 0. The lowest BCUT2D eigenvalue weighted by Gasteiger charge is -2.13. The van der Waals surface area contributed by atoms with Crippen molar-refractivity contribution < 1.29 is 19.4 Å². The van der Waals surface area contributed by atoms with Crippen LogP contribution in [0.1, 0.15) is 17.5 Å². The fourth-order valence-electron chi connectivity index (χ4n) is 2.37. The Morgan fingerprint density at radius 3 is 2.52 bits per heavy atom. The molecule has 0 aliphatic carbocycles. The SMILES string of the molecule is COc1cc(CNCCCO)ccc1OCC(=O)NCc1ccccc1.Cl. The Morgan fingerprint density at radius 1 is 1.04 bits per heavy atom. The molecule has 148 valence electrons. The molecule has 0 saturated carbocycles. The molecule has 7 heteroatoms. The predicted octanol–water partition coefficient (Wildman–Crippen LogP) is 2.28. The first kappa shape index (κ1) is 22.8. The van der Waals surface area contributed by atoms with Gasteiger partial charge in [0.05, 0.1) is 7.11 Å². The second-order valence-electron chi connectivity index (χ2n) is 5.79. The summed E-state index contributed by atoms with van der Waals surface area (Å²) in [5.41, 5.74) is 2.08. The summed E-state index contributed by atoms with van der Waals surface area (Å²) in [5.74, 6) is 0.925. The smallest absolute Gasteiger partial charge is 0.258 e. The molecule has 0 fully saturated rings. The number of halogens is 1. The maximum Gasteiger partial charge on any atom is 0.258 e. The van der Waals surface area contributed by atoms with Crippen LogP contribution in [0.2, 0.25) is 0 Å². The van der Waals surface area contributed by atoms with Gasteiger partial charge >= 0.3 is 0 Å². The number of rotatable bonds is 11. The van der Waals surface area contributed by atoms with E-state index in [0.29, 0.717) is 24.6 Å². The van der Waals surface area contributed by atoms with Crippen LogP contribution in [-0.2, 0) is 17.9 Å². The summed E-state index contributed by atoms with van der Waals surface area (Å²) in [6.45, 7) is 2.00. The number of hydrogen-bond donors (Lipinski definition) is 3. The van der Waals surface area contributed by atoms with Crippen molar-refractivity contribution in [3.63, 3.8) is 0 Å². The minimum Gasteiger partial charge on any atom is -0.493 e. The number of nitrogens with one attached hydrogen (secondary N) is 2. The van der Waals surface area contributed by atoms with Gasteiger partial charge < -0.3 is 25.2 Å². The maximum absolute atomic E-state index is 12.0. The Morgan fingerprint density at radius 2 is 1.81 bits per heavy atom. The van der Waals surface area contributed by atoms with Gasteiger partial charge in [0.1, 0.15) is 0 Å². The lowest BCUT2D eigenvalue weighted by atomic mass is 10.2. The van der Waals surface area contributed by atoms with Crippen molar-refractivity contribution >= 4 is 18.3 Å². The number of benzene rings is 2. The minimum atomic E-state index is -0.189. The van der Waals surface area contributed by atoms with Crippen molar-refractivity contribution in [3.05, 3.63) is 59.7 Å². The van der Waals surface area contributed by atoms with Crippen LogP contribution in [0.4, 0.5) is 0 Å². The lowest BCUT2D eigenvalue weighted by Crippen LogP contribution is -2.28. The summed E-state index contributed by atoms with van der Waals surface area (Å²) in [6.07, 6.45) is 0.719. The molecule has 0 radical (unpaired) electrons. The van der Waals surface area contributed by atoms with Crippen LogP contribution in [-0.4, -0.2) is 37.9 Å². The van der Waals surface area contributed by atoms with Crippen molar-refractivity contribution in [2.45, 2.75) is 19.5 Å². The molecule has 2 rings (SSSR count). The summed E-state index contributed by atoms with van der Waals surface area (Å²) in [4.78, 5) is 12.0. The molecule has 3 N–H and O–H groups in total. The summed E-state index contributed by atoms with van der Waals surface area (Å²) in [5, 5.41) is 14.8. The Balaban J connectivity index is 0.00000364. The molecule has 0 atom stereocenters. The zero-order valence-corrected chi connectivity index (χ0v) is 16.3. The van der Waals surface area contributed by atoms with E-state index >= 15 is 0 Å². The third kappa shape index (κ3) is 8.30. The molecule has 2 aromatic carbocycles. The van der Waals surface area contributed by atoms with Crippen LogP contribution in [0.5, 0.6) is 11.5 Å². The van der Waals surface area contributed by atoms with Crippen molar-refractivity contribution in [1.82, 2.24) is 10.6 Å². The van der Waals surface area contributed by atoms with Crippen LogP contribution >= 0.6 is 12.4 Å². The van der Waals surface area contributed by atoms with Crippen LogP contribution in [0.25, 0.3) is 0 Å². The van der Waals surface area contributed by atoms with E-state index < -0.39 is 0 Å². The molecule has 6 nitrogen and oxygen atoms in total. The summed E-state index contributed by atoms with van der Waals surface area (Å²) in [6, 6.07) is 15.3. The Hall–Kier alpha value is -2.28. The highest BCUT2D eigenvalue weighted by atomic mass is 35.5. The molecule has 0 aliphatic rings. The van der Waals surface area contributed by atoms with Crippen molar-refractivity contribution in [2.75, 3.05) is 26.9 Å². The topological polar surface area (TPSA) is 79.8 Å². The molecule has 0 spiro atoms. The number of hydrogen-bond acceptors (Lipinski definition) is 5. The molecule has 0 saturated heterocycles. The Labute approximate surface area is 166 Å². The van der Waals surface area contributed by atoms with E-state index in [-0.39, 0.29) is 31.5 Å². The number of ether oxygens (including phenoxy) is 2.